The quantitative estimate of drug-likeness (QED) is 0.0819. The van der Waals surface area contributed by atoms with Crippen molar-refractivity contribution in [3.63, 3.8) is 0 Å². The number of ether oxygens (including phenoxy) is 1. The Kier molecular flexibility index (Phi) is 14.4. The number of hydrogen-bond donors (Lipinski definition) is 0. The summed E-state index contributed by atoms with van der Waals surface area (Å²) in [5.41, 5.74) is 2.37. The van der Waals surface area contributed by atoms with Crippen molar-refractivity contribution in [3.8, 4) is 0 Å². The van der Waals surface area contributed by atoms with E-state index in [1.165, 1.54) is 49.7 Å². The SMILES string of the molecule is C=CCCCCCCC(=C)C(CCC=C)CC(=C)C1C(C(=O)C(CC(=O)OC(C)(C)C)C2CCCCC2)CC2CC(C)(C)CC21. The number of ketones is 1. The standard InChI is InChI=1S/C42H68O3/c1-10-12-14-15-16-18-21-30(3)33(22-13-11-2)25-31(4)39-36(26-34-28-42(8,9)29-37(34)39)40(44)35(32-23-19-17-20-24-32)27-38(43)45-41(5,6)7/h10-11,32-37,39H,1-4,12-29H2,5-9H3. The molecule has 3 nitrogen and oxygen atoms in total. The lowest BCUT2D eigenvalue weighted by molar-refractivity contribution is -0.158. The minimum absolute atomic E-state index is 0.0313. The topological polar surface area (TPSA) is 43.4 Å². The first-order valence-electron chi connectivity index (χ1n) is 18.6. The van der Waals surface area contributed by atoms with E-state index in [2.05, 4.69) is 33.6 Å². The van der Waals surface area contributed by atoms with Crippen LogP contribution in [-0.4, -0.2) is 17.4 Å². The van der Waals surface area contributed by atoms with E-state index in [9.17, 15) is 9.59 Å². The molecular weight excluding hydrogens is 552 g/mol. The number of unbranched alkanes of at least 4 members (excludes halogenated alkanes) is 4. The molecule has 6 atom stereocenters. The van der Waals surface area contributed by atoms with E-state index in [1.54, 1.807) is 0 Å². The Balaban J connectivity index is 1.82. The Hall–Kier alpha value is -1.90. The minimum atomic E-state index is -0.543. The van der Waals surface area contributed by atoms with Gasteiger partial charge in [-0.25, -0.2) is 0 Å². The van der Waals surface area contributed by atoms with Gasteiger partial charge >= 0.3 is 5.97 Å². The van der Waals surface area contributed by atoms with Crippen molar-refractivity contribution in [3.05, 3.63) is 49.6 Å². The Morgan fingerprint density at radius 1 is 0.911 bits per heavy atom. The monoisotopic (exact) mass is 621 g/mol. The molecule has 0 aliphatic heterocycles. The fourth-order valence-electron chi connectivity index (χ4n) is 9.37. The number of rotatable bonds is 19. The molecule has 45 heavy (non-hydrogen) atoms. The average molecular weight is 621 g/mol. The van der Waals surface area contributed by atoms with Crippen LogP contribution in [0.1, 0.15) is 150 Å². The lowest BCUT2D eigenvalue weighted by Crippen LogP contribution is -2.37. The van der Waals surface area contributed by atoms with Crippen LogP contribution in [0.2, 0.25) is 0 Å². The zero-order chi connectivity index (χ0) is 33.2. The van der Waals surface area contributed by atoms with Crippen LogP contribution < -0.4 is 0 Å². The maximum atomic E-state index is 14.8. The summed E-state index contributed by atoms with van der Waals surface area (Å²) in [5, 5.41) is 0. The van der Waals surface area contributed by atoms with Gasteiger partial charge in [-0.2, -0.15) is 0 Å². The number of carbonyl (C=O) groups is 2. The van der Waals surface area contributed by atoms with Gasteiger partial charge in [0, 0.05) is 11.8 Å². The lowest BCUT2D eigenvalue weighted by atomic mass is 9.68. The molecule has 0 spiro atoms. The zero-order valence-electron chi connectivity index (χ0n) is 30.0. The normalized spacial score (nSPS) is 26.1. The number of esters is 1. The molecule has 254 valence electrons. The minimum Gasteiger partial charge on any atom is -0.460 e. The van der Waals surface area contributed by atoms with Crippen LogP contribution in [0.5, 0.6) is 0 Å². The van der Waals surface area contributed by atoms with Crippen molar-refractivity contribution in [1.82, 2.24) is 0 Å². The van der Waals surface area contributed by atoms with Gasteiger partial charge in [0.2, 0.25) is 0 Å². The maximum Gasteiger partial charge on any atom is 0.307 e. The molecule has 3 aliphatic rings. The number of carbonyl (C=O) groups excluding carboxylic acids is 2. The van der Waals surface area contributed by atoms with Crippen molar-refractivity contribution in [1.29, 1.82) is 0 Å². The van der Waals surface area contributed by atoms with Crippen molar-refractivity contribution in [2.45, 2.75) is 156 Å². The summed E-state index contributed by atoms with van der Waals surface area (Å²) in [5.74, 6) is 1.80. The molecule has 0 N–H and O–H groups in total. The van der Waals surface area contributed by atoms with Gasteiger partial charge in [-0.1, -0.05) is 82.4 Å². The van der Waals surface area contributed by atoms with Crippen LogP contribution in [0, 0.1) is 46.8 Å². The van der Waals surface area contributed by atoms with Crippen molar-refractivity contribution in [2.24, 2.45) is 46.8 Å². The summed E-state index contributed by atoms with van der Waals surface area (Å²) in [6, 6.07) is 0. The Morgan fingerprint density at radius 2 is 1.58 bits per heavy atom. The molecule has 3 rings (SSSR count). The Morgan fingerprint density at radius 3 is 2.22 bits per heavy atom. The van der Waals surface area contributed by atoms with E-state index >= 15 is 0 Å². The summed E-state index contributed by atoms with van der Waals surface area (Å²) in [7, 11) is 0. The highest BCUT2D eigenvalue weighted by atomic mass is 16.6. The van der Waals surface area contributed by atoms with E-state index in [0.717, 1.165) is 70.6 Å². The van der Waals surface area contributed by atoms with E-state index < -0.39 is 5.60 Å². The molecule has 0 heterocycles. The molecule has 3 saturated carbocycles. The second-order valence-corrected chi connectivity index (χ2v) is 16.9. The number of Topliss-reactive ketones (excluding diaryl/α,β-unsaturated/α-hetero) is 1. The fraction of sp³-hybridized carbons (Fsp3) is 0.762. The van der Waals surface area contributed by atoms with Crippen molar-refractivity contribution < 1.29 is 14.3 Å². The van der Waals surface area contributed by atoms with Crippen LogP contribution in [0.15, 0.2) is 49.6 Å². The van der Waals surface area contributed by atoms with Crippen LogP contribution in [0.4, 0.5) is 0 Å². The fourth-order valence-corrected chi connectivity index (χ4v) is 9.37. The van der Waals surface area contributed by atoms with Crippen LogP contribution in [-0.2, 0) is 14.3 Å². The van der Waals surface area contributed by atoms with Crippen LogP contribution in [0.3, 0.4) is 0 Å². The highest BCUT2D eigenvalue weighted by Crippen LogP contribution is 2.60. The molecule has 0 aromatic carbocycles. The average Bonchev–Trinajstić information content (AvgIpc) is 3.46. The summed E-state index contributed by atoms with van der Waals surface area (Å²) in [6.07, 6.45) is 23.2. The predicted octanol–water partition coefficient (Wildman–Crippen LogP) is 11.8. The van der Waals surface area contributed by atoms with Gasteiger partial charge in [0.15, 0.2) is 0 Å². The molecule has 0 radical (unpaired) electrons. The van der Waals surface area contributed by atoms with Crippen molar-refractivity contribution in [2.75, 3.05) is 0 Å². The smallest absolute Gasteiger partial charge is 0.307 e. The van der Waals surface area contributed by atoms with E-state index in [1.807, 2.05) is 32.9 Å². The summed E-state index contributed by atoms with van der Waals surface area (Å²) in [6.45, 7) is 27.8. The molecule has 3 aliphatic carbocycles. The van der Waals surface area contributed by atoms with Gasteiger partial charge in [0.1, 0.15) is 11.4 Å². The van der Waals surface area contributed by atoms with Gasteiger partial charge < -0.3 is 4.74 Å². The number of hydrogen-bond acceptors (Lipinski definition) is 3. The molecule has 3 fully saturated rings. The second-order valence-electron chi connectivity index (χ2n) is 16.9. The van der Waals surface area contributed by atoms with Gasteiger partial charge in [0.05, 0.1) is 6.42 Å². The number of allylic oxidation sites excluding steroid dienone is 4. The Labute approximate surface area is 277 Å². The molecule has 6 unspecified atom stereocenters. The molecule has 0 amide bonds. The zero-order valence-corrected chi connectivity index (χ0v) is 30.0. The second kappa shape index (κ2) is 17.3. The lowest BCUT2D eigenvalue weighted by Gasteiger charge is -2.35. The van der Waals surface area contributed by atoms with E-state index in [0.29, 0.717) is 29.0 Å². The molecule has 3 heteroatoms. The summed E-state index contributed by atoms with van der Waals surface area (Å²) < 4.78 is 5.79. The first-order valence-corrected chi connectivity index (χ1v) is 18.6. The van der Waals surface area contributed by atoms with Gasteiger partial charge in [-0.3, -0.25) is 9.59 Å². The summed E-state index contributed by atoms with van der Waals surface area (Å²) in [4.78, 5) is 28.0. The van der Waals surface area contributed by atoms with Crippen LogP contribution in [0.25, 0.3) is 0 Å². The predicted molar refractivity (Wildman–Crippen MR) is 191 cm³/mol. The van der Waals surface area contributed by atoms with E-state index in [-0.39, 0.29) is 36.1 Å². The third kappa shape index (κ3) is 11.4. The molecule has 0 saturated heterocycles. The third-order valence-electron chi connectivity index (χ3n) is 11.3. The largest absolute Gasteiger partial charge is 0.460 e. The Bertz CT molecular complexity index is 1020. The van der Waals surface area contributed by atoms with Crippen LogP contribution >= 0.6 is 0 Å². The third-order valence-corrected chi connectivity index (χ3v) is 11.3. The van der Waals surface area contributed by atoms with E-state index in [4.69, 9.17) is 11.3 Å². The molecule has 0 aromatic rings. The number of fused-ring (bicyclic) bond motifs is 1. The van der Waals surface area contributed by atoms with Gasteiger partial charge in [0.25, 0.3) is 0 Å². The summed E-state index contributed by atoms with van der Waals surface area (Å²) >= 11 is 0. The van der Waals surface area contributed by atoms with Gasteiger partial charge in [-0.05, 0) is 133 Å². The highest BCUT2D eigenvalue weighted by molar-refractivity contribution is 5.88. The van der Waals surface area contributed by atoms with Crippen molar-refractivity contribution >= 4 is 11.8 Å². The first kappa shape index (κ1) is 37.6. The molecule has 0 bridgehead atoms. The maximum absolute atomic E-state index is 14.8. The molecular formula is C42H68O3. The van der Waals surface area contributed by atoms with Gasteiger partial charge in [-0.15, -0.1) is 13.2 Å². The first-order chi connectivity index (χ1) is 21.3. The molecule has 0 aromatic heterocycles. The highest BCUT2D eigenvalue weighted by Gasteiger charge is 2.54.